The summed E-state index contributed by atoms with van der Waals surface area (Å²) in [5, 5.41) is 10.7. The van der Waals surface area contributed by atoms with Crippen molar-refractivity contribution in [3.05, 3.63) is 15.9 Å². The Morgan fingerprint density at radius 3 is 2.50 bits per heavy atom. The second kappa shape index (κ2) is 6.89. The van der Waals surface area contributed by atoms with Crippen molar-refractivity contribution in [2.75, 3.05) is 26.2 Å². The predicted molar refractivity (Wildman–Crippen MR) is 92.7 cm³/mol. The minimum absolute atomic E-state index is 0. The fraction of sp³-hybridized carbons (Fsp3) is 0.733. The Morgan fingerprint density at radius 1 is 1.32 bits per heavy atom. The summed E-state index contributed by atoms with van der Waals surface area (Å²) in [4.78, 5) is 14.6. The molecule has 2 saturated heterocycles. The van der Waals surface area contributed by atoms with Gasteiger partial charge in [0.05, 0.1) is 10.2 Å². The summed E-state index contributed by atoms with van der Waals surface area (Å²) in [6.45, 7) is 8.09. The molecule has 0 aliphatic carbocycles. The SMILES string of the molecule is CC(C)c1[nH]nc(C(=O)N2CCC3(CCNC3)CC2)c1Br.Cl. The zero-order valence-electron chi connectivity index (χ0n) is 13.1. The summed E-state index contributed by atoms with van der Waals surface area (Å²) in [5.41, 5.74) is 1.95. The second-order valence-electron chi connectivity index (χ2n) is 6.67. The van der Waals surface area contributed by atoms with E-state index >= 15 is 0 Å². The van der Waals surface area contributed by atoms with Gasteiger partial charge in [0.1, 0.15) is 0 Å². The summed E-state index contributed by atoms with van der Waals surface area (Å²) in [6.07, 6.45) is 3.45. The highest BCUT2D eigenvalue weighted by Crippen LogP contribution is 2.37. The highest BCUT2D eigenvalue weighted by Gasteiger charge is 2.38. The average Bonchev–Trinajstić information content (AvgIpc) is 3.06. The molecule has 1 spiro atoms. The number of piperidine rings is 1. The number of carbonyl (C=O) groups is 1. The normalized spacial score (nSPS) is 20.5. The van der Waals surface area contributed by atoms with Crippen LogP contribution in [0.4, 0.5) is 0 Å². The van der Waals surface area contributed by atoms with Crippen LogP contribution in [0.2, 0.25) is 0 Å². The van der Waals surface area contributed by atoms with Crippen LogP contribution in [0, 0.1) is 5.41 Å². The lowest BCUT2D eigenvalue weighted by molar-refractivity contribution is 0.0601. The molecule has 3 rings (SSSR count). The Hall–Kier alpha value is -0.590. The van der Waals surface area contributed by atoms with Crippen molar-refractivity contribution < 1.29 is 4.79 Å². The number of amides is 1. The molecule has 1 aromatic rings. The van der Waals surface area contributed by atoms with Gasteiger partial charge in [-0.25, -0.2) is 0 Å². The third kappa shape index (κ3) is 3.19. The molecule has 22 heavy (non-hydrogen) atoms. The lowest BCUT2D eigenvalue weighted by atomic mass is 9.78. The zero-order chi connectivity index (χ0) is 15.0. The fourth-order valence-electron chi connectivity index (χ4n) is 3.42. The molecule has 2 aliphatic rings. The van der Waals surface area contributed by atoms with Crippen LogP contribution in [-0.4, -0.2) is 47.2 Å². The van der Waals surface area contributed by atoms with Crippen molar-refractivity contribution in [1.82, 2.24) is 20.4 Å². The maximum absolute atomic E-state index is 12.7. The molecule has 0 bridgehead atoms. The summed E-state index contributed by atoms with van der Waals surface area (Å²) in [5.74, 6) is 0.369. The van der Waals surface area contributed by atoms with E-state index < -0.39 is 0 Å². The number of rotatable bonds is 2. The largest absolute Gasteiger partial charge is 0.337 e. The van der Waals surface area contributed by atoms with Gasteiger partial charge in [0.2, 0.25) is 0 Å². The van der Waals surface area contributed by atoms with Crippen LogP contribution in [0.3, 0.4) is 0 Å². The summed E-state index contributed by atoms with van der Waals surface area (Å²) in [7, 11) is 0. The van der Waals surface area contributed by atoms with Crippen molar-refractivity contribution in [2.24, 2.45) is 5.41 Å². The van der Waals surface area contributed by atoms with Gasteiger partial charge in [-0.1, -0.05) is 13.8 Å². The number of halogens is 2. The molecule has 0 atom stereocenters. The number of aromatic amines is 1. The van der Waals surface area contributed by atoms with Gasteiger partial charge in [0.25, 0.3) is 5.91 Å². The van der Waals surface area contributed by atoms with E-state index in [2.05, 4.69) is 45.3 Å². The number of nitrogens with zero attached hydrogens (tertiary/aromatic N) is 2. The van der Waals surface area contributed by atoms with Crippen LogP contribution >= 0.6 is 28.3 Å². The molecule has 5 nitrogen and oxygen atoms in total. The van der Waals surface area contributed by atoms with E-state index in [9.17, 15) is 4.79 Å². The van der Waals surface area contributed by atoms with Crippen molar-refractivity contribution in [3.8, 4) is 0 Å². The molecule has 0 radical (unpaired) electrons. The Labute approximate surface area is 146 Å². The molecule has 7 heteroatoms. The molecule has 2 aliphatic heterocycles. The van der Waals surface area contributed by atoms with E-state index in [1.165, 1.54) is 6.42 Å². The molecule has 0 unspecified atom stereocenters. The zero-order valence-corrected chi connectivity index (χ0v) is 15.5. The van der Waals surface area contributed by atoms with Crippen molar-refractivity contribution in [1.29, 1.82) is 0 Å². The number of nitrogens with one attached hydrogen (secondary N) is 2. The van der Waals surface area contributed by atoms with Crippen molar-refractivity contribution in [3.63, 3.8) is 0 Å². The van der Waals surface area contributed by atoms with Gasteiger partial charge in [-0.05, 0) is 53.1 Å². The van der Waals surface area contributed by atoms with Gasteiger partial charge in [0, 0.05) is 19.6 Å². The molecule has 1 amide bonds. The minimum Gasteiger partial charge on any atom is -0.337 e. The molecule has 2 N–H and O–H groups in total. The standard InChI is InChI=1S/C15H23BrN4O.ClH/c1-10(2)12-11(16)13(19-18-12)14(21)20-7-4-15(5-8-20)3-6-17-9-15;/h10,17H,3-9H2,1-2H3,(H,18,19);1H. The molecular formula is C15H24BrClN4O. The molecule has 0 saturated carbocycles. The maximum atomic E-state index is 12.7. The molecular weight excluding hydrogens is 368 g/mol. The lowest BCUT2D eigenvalue weighted by Gasteiger charge is -2.38. The topological polar surface area (TPSA) is 61.0 Å². The Bertz CT molecular complexity index is 530. The van der Waals surface area contributed by atoms with Crippen molar-refractivity contribution >= 4 is 34.2 Å². The second-order valence-corrected chi connectivity index (χ2v) is 7.47. The van der Waals surface area contributed by atoms with Gasteiger partial charge in [-0.15, -0.1) is 12.4 Å². The first-order valence-electron chi connectivity index (χ1n) is 7.76. The van der Waals surface area contributed by atoms with Crippen LogP contribution in [0.15, 0.2) is 4.47 Å². The summed E-state index contributed by atoms with van der Waals surface area (Å²) >= 11 is 3.53. The Morgan fingerprint density at radius 2 is 2.00 bits per heavy atom. The Balaban J connectivity index is 0.00000176. The average molecular weight is 392 g/mol. The predicted octanol–water partition coefficient (Wildman–Crippen LogP) is 2.93. The van der Waals surface area contributed by atoms with Gasteiger partial charge >= 0.3 is 0 Å². The lowest BCUT2D eigenvalue weighted by Crippen LogP contribution is -2.44. The molecule has 2 fully saturated rings. The first kappa shape index (κ1) is 17.8. The fourth-order valence-corrected chi connectivity index (χ4v) is 4.23. The van der Waals surface area contributed by atoms with E-state index in [1.807, 2.05) is 4.90 Å². The number of carbonyl (C=O) groups excluding carboxylic acids is 1. The smallest absolute Gasteiger partial charge is 0.275 e. The number of aromatic nitrogens is 2. The first-order chi connectivity index (χ1) is 10.0. The highest BCUT2D eigenvalue weighted by molar-refractivity contribution is 9.10. The molecule has 0 aromatic carbocycles. The van der Waals surface area contributed by atoms with E-state index in [1.54, 1.807) is 0 Å². The first-order valence-corrected chi connectivity index (χ1v) is 8.55. The van der Waals surface area contributed by atoms with Crippen LogP contribution in [0.25, 0.3) is 0 Å². The maximum Gasteiger partial charge on any atom is 0.275 e. The monoisotopic (exact) mass is 390 g/mol. The van der Waals surface area contributed by atoms with Gasteiger partial charge in [-0.3, -0.25) is 9.89 Å². The van der Waals surface area contributed by atoms with Crippen LogP contribution in [0.1, 0.15) is 55.2 Å². The van der Waals surface area contributed by atoms with E-state index in [-0.39, 0.29) is 18.3 Å². The molecule has 124 valence electrons. The molecule has 1 aromatic heterocycles. The number of hydrogen-bond donors (Lipinski definition) is 2. The Kier molecular flexibility index (Phi) is 5.56. The number of hydrogen-bond acceptors (Lipinski definition) is 3. The van der Waals surface area contributed by atoms with E-state index in [4.69, 9.17) is 0 Å². The van der Waals surface area contributed by atoms with Crippen molar-refractivity contribution in [2.45, 2.75) is 39.0 Å². The van der Waals surface area contributed by atoms with Gasteiger partial charge in [0.15, 0.2) is 5.69 Å². The van der Waals surface area contributed by atoms with Gasteiger partial charge < -0.3 is 10.2 Å². The highest BCUT2D eigenvalue weighted by atomic mass is 79.9. The third-order valence-electron chi connectivity index (χ3n) is 4.96. The van der Waals surface area contributed by atoms with Crippen LogP contribution in [-0.2, 0) is 0 Å². The van der Waals surface area contributed by atoms with E-state index in [0.717, 1.165) is 49.2 Å². The van der Waals surface area contributed by atoms with Crippen LogP contribution < -0.4 is 5.32 Å². The third-order valence-corrected chi connectivity index (χ3v) is 5.76. The van der Waals surface area contributed by atoms with Crippen LogP contribution in [0.5, 0.6) is 0 Å². The van der Waals surface area contributed by atoms with Gasteiger partial charge in [-0.2, -0.15) is 5.10 Å². The summed E-state index contributed by atoms with van der Waals surface area (Å²) < 4.78 is 0.824. The minimum atomic E-state index is 0. The van der Waals surface area contributed by atoms with E-state index in [0.29, 0.717) is 17.0 Å². The number of H-pyrrole nitrogens is 1. The number of likely N-dealkylation sites (tertiary alicyclic amines) is 1. The summed E-state index contributed by atoms with van der Waals surface area (Å²) in [6, 6.07) is 0. The quantitative estimate of drug-likeness (QED) is 0.815. The molecule has 3 heterocycles.